The number of phenolic OH excluding ortho intramolecular Hbond substituents is 1. The van der Waals surface area contributed by atoms with Gasteiger partial charge in [0.2, 0.25) is 0 Å². The molecular weight excluding hydrogens is 1500 g/mol. The topological polar surface area (TPSA) is 322 Å². The van der Waals surface area contributed by atoms with Gasteiger partial charge in [-0.05, 0) is 287 Å². The van der Waals surface area contributed by atoms with Crippen molar-refractivity contribution in [3.05, 3.63) is 198 Å². The molecule has 23 nitrogen and oxygen atoms in total. The smallest absolute Gasteiger partial charge is 0.303 e. The lowest BCUT2D eigenvalue weighted by Gasteiger charge is -2.39. The van der Waals surface area contributed by atoms with E-state index in [2.05, 4.69) is 9.80 Å². The fourth-order valence-electron chi connectivity index (χ4n) is 21.1. The van der Waals surface area contributed by atoms with Gasteiger partial charge < -0.3 is 89.3 Å². The van der Waals surface area contributed by atoms with E-state index in [0.29, 0.717) is 56.6 Å². The zero-order valence-corrected chi connectivity index (χ0v) is 67.3. The van der Waals surface area contributed by atoms with Crippen LogP contribution in [0.3, 0.4) is 0 Å². The number of carbonyl (C=O) groups excluding carboxylic acids is 3. The van der Waals surface area contributed by atoms with E-state index >= 15 is 0 Å². The molecule has 6 atom stereocenters. The summed E-state index contributed by atoms with van der Waals surface area (Å²) >= 11 is 0. The molecule has 8 aliphatic rings. The van der Waals surface area contributed by atoms with Crippen LogP contribution in [0.2, 0.25) is 0 Å². The van der Waals surface area contributed by atoms with Crippen molar-refractivity contribution in [1.82, 2.24) is 19.6 Å². The van der Waals surface area contributed by atoms with Crippen LogP contribution in [-0.2, 0) is 88.3 Å². The molecule has 0 saturated carbocycles. The normalized spacial score (nSPS) is 19.7. The van der Waals surface area contributed by atoms with Crippen LogP contribution in [0.15, 0.2) is 109 Å². The van der Waals surface area contributed by atoms with Crippen LogP contribution in [0.1, 0.15) is 169 Å². The molecule has 4 fully saturated rings. The quantitative estimate of drug-likeness (QED) is 0.0357. The number of esters is 1. The highest BCUT2D eigenvalue weighted by Gasteiger charge is 2.45. The number of hydrogen-bond acceptors (Lipinski definition) is 21. The van der Waals surface area contributed by atoms with Crippen molar-refractivity contribution in [1.29, 1.82) is 0 Å². The van der Waals surface area contributed by atoms with E-state index in [9.17, 15) is 65.4 Å². The number of rotatable bonds is 14. The fraction of sp³-hybridized carbons (Fsp3) is 0.379. The number of aliphatic hydroxyl groups is 9. The standard InChI is InChI=1S/C25H27NO6.C25H27NO5.C23H23NO4.C22H23NO4/c1-31-21-8-18-15(6-13(21)10-27)23-17(9-22(32-2)19(11-28)20(23)12-29)16-7-14-4-3-5-26(14)25(30)24(16)18;1-14(29)31-25-22-4-3-7-26(22)11-21-20-10-23(30-2)16(13-28)9-19(20)18-8-15(12-27)5-6-17(18)24(21)25;1-28-21-10-19-18(8-14(21)12-26)17-7-13(11-25)4-5-16(17)22-20(19)9-15-3-2-6-24(15)23(22)27;1-27-20-9-17-15(7-12(20)11-24)16-8-13(25)4-5-14(16)21-18(17)10-23-6-2-3-19(23)22(21)26/h6,8-9,14,27-29H,3-5,7,10-12H2,1-2H3;5-6,8-10,22,25,27-28H,3-4,7,11-13H2,1-2H3;4-5,7-8,10,15,25-26H,2-3,6,9,11-12H2,1H3;4-5,7-9,19,22,24-26H,2-3,6,10-11H2,1H3. The van der Waals surface area contributed by atoms with Gasteiger partial charge in [-0.25, -0.2) is 0 Å². The predicted octanol–water partition coefficient (Wildman–Crippen LogP) is 12.6. The number of hydrogen-bond donors (Lipinski definition) is 10. The van der Waals surface area contributed by atoms with Gasteiger partial charge in [0.05, 0.1) is 112 Å². The second kappa shape index (κ2) is 32.7. The number of methoxy groups -OCH3 is 5. The number of aliphatic hydroxyl groups excluding tert-OH is 9. The molecule has 12 aromatic carbocycles. The summed E-state index contributed by atoms with van der Waals surface area (Å²) in [5.74, 6) is 2.95. The van der Waals surface area contributed by atoms with Crippen molar-refractivity contribution in [3.63, 3.8) is 0 Å². The van der Waals surface area contributed by atoms with Crippen LogP contribution >= 0.6 is 0 Å². The molecule has 10 N–H and O–H groups in total. The molecule has 12 aromatic rings. The van der Waals surface area contributed by atoms with Gasteiger partial charge in [0, 0.05) is 84.6 Å². The Hall–Kier alpha value is -10.5. The van der Waals surface area contributed by atoms with Crippen molar-refractivity contribution < 1.29 is 93.9 Å². The minimum absolute atomic E-state index is 0.00945. The number of ether oxygens (including phenoxy) is 6. The van der Waals surface area contributed by atoms with Crippen LogP contribution in [0.25, 0.3) is 86.2 Å². The van der Waals surface area contributed by atoms with Crippen LogP contribution in [0.4, 0.5) is 0 Å². The molecule has 6 unspecified atom stereocenters. The van der Waals surface area contributed by atoms with Gasteiger partial charge in [0.1, 0.15) is 40.6 Å². The van der Waals surface area contributed by atoms with Crippen molar-refractivity contribution in [2.45, 2.75) is 173 Å². The monoisotopic (exact) mass is 1600 g/mol. The molecule has 0 radical (unpaired) electrons. The molecule has 20 rings (SSSR count). The van der Waals surface area contributed by atoms with Gasteiger partial charge in [0.15, 0.2) is 0 Å². The lowest BCUT2D eigenvalue weighted by molar-refractivity contribution is -0.150. The third-order valence-corrected chi connectivity index (χ3v) is 26.5. The summed E-state index contributed by atoms with van der Waals surface area (Å²) in [6.45, 7) is 5.34. The highest BCUT2D eigenvalue weighted by molar-refractivity contribution is 6.23. The molecule has 8 heterocycles. The summed E-state index contributed by atoms with van der Waals surface area (Å²) in [6, 6.07) is 35.2. The van der Waals surface area contributed by atoms with Crippen LogP contribution in [-0.4, -0.2) is 174 Å². The second-order valence-electron chi connectivity index (χ2n) is 32.4. The number of carbonyl (C=O) groups is 3. The average Bonchev–Trinajstić information content (AvgIpc) is 1.05. The SMILES string of the molecule is COc1cc2c3c(c4cc(OC)c(CO)c(CO)c4c2cc1CO)CC1CCCN1C3=O.COc1cc2c3c(c4ccc(CO)cc4c2cc1CO)C(=O)N1CCCC1C3.COc1cc2c3c(c4ccc(CO)cc4c2cc1CO)C(OC(C)=O)C1CCCN1C3.COc1cc2c3c(c4ccc(O)cc4c2cc1CO)C(O)C1CCCN1C3. The Balaban J connectivity index is 0.000000113. The maximum Gasteiger partial charge on any atom is 0.303 e. The zero-order chi connectivity index (χ0) is 82.4. The summed E-state index contributed by atoms with van der Waals surface area (Å²) in [5, 5.41) is 115. The van der Waals surface area contributed by atoms with Gasteiger partial charge in [-0.3, -0.25) is 24.2 Å². The Morgan fingerprint density at radius 2 is 0.797 bits per heavy atom. The molecule has 614 valence electrons. The summed E-state index contributed by atoms with van der Waals surface area (Å²) in [5.41, 5.74) is 13.2. The molecule has 118 heavy (non-hydrogen) atoms. The summed E-state index contributed by atoms with van der Waals surface area (Å²) in [4.78, 5) is 47.9. The average molecular weight is 1600 g/mol. The maximum absolute atomic E-state index is 13.7. The molecular formula is C95H100N4O19. The number of fused-ring (bicyclic) bond motifs is 28. The first-order valence-electron chi connectivity index (χ1n) is 40.8. The Morgan fingerprint density at radius 3 is 1.30 bits per heavy atom. The van der Waals surface area contributed by atoms with Gasteiger partial charge in [-0.15, -0.1) is 0 Å². The number of nitrogens with zero attached hydrogens (tertiary/aromatic N) is 4. The zero-order valence-electron chi connectivity index (χ0n) is 67.3. The largest absolute Gasteiger partial charge is 0.508 e. The molecule has 2 amide bonds. The van der Waals surface area contributed by atoms with Crippen molar-refractivity contribution in [3.8, 4) is 34.5 Å². The molecule has 0 bridgehead atoms. The minimum Gasteiger partial charge on any atom is -0.508 e. The summed E-state index contributed by atoms with van der Waals surface area (Å²) < 4.78 is 33.6. The summed E-state index contributed by atoms with van der Waals surface area (Å²) in [7, 11) is 7.88. The maximum atomic E-state index is 13.7. The van der Waals surface area contributed by atoms with E-state index in [1.165, 1.54) is 14.0 Å². The van der Waals surface area contributed by atoms with Crippen LogP contribution in [0, 0.1) is 0 Å². The third kappa shape index (κ3) is 13.3. The van der Waals surface area contributed by atoms with Gasteiger partial charge in [-0.1, -0.05) is 30.3 Å². The number of benzene rings is 12. The van der Waals surface area contributed by atoms with Gasteiger partial charge >= 0.3 is 5.97 Å². The van der Waals surface area contributed by atoms with E-state index in [-0.39, 0.29) is 107 Å². The van der Waals surface area contributed by atoms with E-state index in [4.69, 9.17) is 28.4 Å². The van der Waals surface area contributed by atoms with Crippen molar-refractivity contribution >= 4 is 104 Å². The lowest BCUT2D eigenvalue weighted by atomic mass is 9.82. The van der Waals surface area contributed by atoms with E-state index < -0.39 is 6.10 Å². The van der Waals surface area contributed by atoms with Crippen molar-refractivity contribution in [2.24, 2.45) is 0 Å². The fourth-order valence-corrected chi connectivity index (χ4v) is 21.1. The highest BCUT2D eigenvalue weighted by atomic mass is 16.5. The predicted molar refractivity (Wildman–Crippen MR) is 449 cm³/mol. The first-order chi connectivity index (χ1) is 57.4. The molecule has 23 heteroatoms. The van der Waals surface area contributed by atoms with E-state index in [1.54, 1.807) is 40.6 Å². The Kier molecular flexibility index (Phi) is 22.1. The van der Waals surface area contributed by atoms with Crippen molar-refractivity contribution in [2.75, 3.05) is 61.7 Å². The number of aromatic hydroxyl groups is 1. The van der Waals surface area contributed by atoms with Crippen LogP contribution in [0.5, 0.6) is 34.5 Å². The lowest BCUT2D eigenvalue weighted by Crippen LogP contribution is -2.41. The number of phenols is 1. The molecule has 8 aliphatic heterocycles. The van der Waals surface area contributed by atoms with E-state index in [1.807, 2.05) is 107 Å². The third-order valence-electron chi connectivity index (χ3n) is 26.5. The Morgan fingerprint density at radius 1 is 0.390 bits per heavy atom. The summed E-state index contributed by atoms with van der Waals surface area (Å²) in [6.07, 6.45) is 8.92. The first kappa shape index (κ1) is 79.9. The van der Waals surface area contributed by atoms with Crippen LogP contribution < -0.4 is 23.7 Å². The first-order valence-corrected chi connectivity index (χ1v) is 40.8. The second-order valence-corrected chi connectivity index (χ2v) is 32.4. The molecule has 0 aromatic heterocycles. The Bertz CT molecular complexity index is 6080. The highest BCUT2D eigenvalue weighted by Crippen LogP contribution is 2.52. The van der Waals surface area contributed by atoms with Gasteiger partial charge in [0.25, 0.3) is 11.8 Å². The van der Waals surface area contributed by atoms with E-state index in [0.717, 1.165) is 251 Å². The number of amides is 2. The molecule has 0 spiro atoms. The Labute approximate surface area is 681 Å². The van der Waals surface area contributed by atoms with Gasteiger partial charge in [-0.2, -0.15) is 0 Å². The molecule has 4 saturated heterocycles. The minimum atomic E-state index is -0.545. The molecule has 0 aliphatic carbocycles.